The van der Waals surface area contributed by atoms with Gasteiger partial charge in [0.1, 0.15) is 16.4 Å². The average Bonchev–Trinajstić information content (AvgIpc) is 3.11. The smallest absolute Gasteiger partial charge is 0.348 e. The fourth-order valence-electron chi connectivity index (χ4n) is 2.05. The van der Waals surface area contributed by atoms with Gasteiger partial charge in [-0.05, 0) is 23.4 Å². The summed E-state index contributed by atoms with van der Waals surface area (Å²) in [5, 5.41) is 1.90. The third kappa shape index (κ3) is 3.78. The lowest BCUT2D eigenvalue weighted by molar-refractivity contribution is 0.0606. The van der Waals surface area contributed by atoms with Crippen molar-refractivity contribution in [1.82, 2.24) is 9.97 Å². The topological polar surface area (TPSA) is 72.1 Å². The molecule has 0 saturated carbocycles. The number of aromatic amines is 1. The van der Waals surface area contributed by atoms with Gasteiger partial charge in [0.05, 0.1) is 7.11 Å². The zero-order valence-electron chi connectivity index (χ0n) is 12.1. The fourth-order valence-corrected chi connectivity index (χ4v) is 2.88. The molecular weight excluding hydrogens is 288 g/mol. The number of methoxy groups -OCH3 is 1. The van der Waals surface area contributed by atoms with Crippen molar-refractivity contribution in [3.05, 3.63) is 39.1 Å². The lowest BCUT2D eigenvalue weighted by atomic mass is 10.1. The molecule has 2 heterocycles. The standard InChI is InChI=1S/C15H18N2O3S/c1-3-4-5-14-16-11(12(8-18)17-14)6-10-7-13(21-9-10)15(19)20-2/h7-9H,3-6H2,1-2H3,(H,16,17). The van der Waals surface area contributed by atoms with Crippen LogP contribution in [0, 0.1) is 0 Å². The summed E-state index contributed by atoms with van der Waals surface area (Å²) in [6.45, 7) is 2.12. The van der Waals surface area contributed by atoms with Gasteiger partial charge in [0.25, 0.3) is 0 Å². The molecule has 6 heteroatoms. The Morgan fingerprint density at radius 2 is 2.33 bits per heavy atom. The number of carbonyl (C=O) groups excluding carboxylic acids is 2. The zero-order valence-corrected chi connectivity index (χ0v) is 13.0. The third-order valence-electron chi connectivity index (χ3n) is 3.16. The summed E-state index contributed by atoms with van der Waals surface area (Å²) < 4.78 is 4.69. The van der Waals surface area contributed by atoms with Crippen LogP contribution in [-0.4, -0.2) is 29.3 Å². The highest BCUT2D eigenvalue weighted by Gasteiger charge is 2.13. The average molecular weight is 306 g/mol. The number of aromatic nitrogens is 2. The second kappa shape index (κ2) is 7.17. The first kappa shape index (κ1) is 15.4. The Bertz CT molecular complexity index is 631. The maximum Gasteiger partial charge on any atom is 0.348 e. The van der Waals surface area contributed by atoms with Crippen molar-refractivity contribution in [3.8, 4) is 0 Å². The van der Waals surface area contributed by atoms with E-state index in [0.29, 0.717) is 17.0 Å². The molecule has 0 aliphatic rings. The Balaban J connectivity index is 2.14. The number of carbonyl (C=O) groups is 2. The molecule has 0 radical (unpaired) electrons. The lowest BCUT2D eigenvalue weighted by Gasteiger charge is -1.96. The molecule has 112 valence electrons. The van der Waals surface area contributed by atoms with Gasteiger partial charge in [-0.1, -0.05) is 13.3 Å². The summed E-state index contributed by atoms with van der Waals surface area (Å²) in [5.74, 6) is 0.507. The number of thiophene rings is 1. The van der Waals surface area contributed by atoms with Gasteiger partial charge in [-0.25, -0.2) is 9.78 Å². The van der Waals surface area contributed by atoms with Gasteiger partial charge in [-0.2, -0.15) is 0 Å². The molecule has 2 aromatic rings. The van der Waals surface area contributed by atoms with Crippen LogP contribution in [0.3, 0.4) is 0 Å². The van der Waals surface area contributed by atoms with Crippen LogP contribution in [0.4, 0.5) is 0 Å². The largest absolute Gasteiger partial charge is 0.465 e. The Labute approximate surface area is 127 Å². The molecule has 0 aromatic carbocycles. The Morgan fingerprint density at radius 1 is 1.52 bits per heavy atom. The number of aldehydes is 1. The van der Waals surface area contributed by atoms with Crippen LogP contribution in [0.15, 0.2) is 11.4 Å². The summed E-state index contributed by atoms with van der Waals surface area (Å²) in [6, 6.07) is 1.79. The van der Waals surface area contributed by atoms with Crippen LogP contribution in [-0.2, 0) is 17.6 Å². The van der Waals surface area contributed by atoms with Crippen LogP contribution in [0.5, 0.6) is 0 Å². The van der Waals surface area contributed by atoms with Gasteiger partial charge in [-0.15, -0.1) is 11.3 Å². The van der Waals surface area contributed by atoms with Crippen molar-refractivity contribution in [2.45, 2.75) is 32.6 Å². The molecule has 0 amide bonds. The second-order valence-corrected chi connectivity index (χ2v) is 5.67. The van der Waals surface area contributed by atoms with Crippen molar-refractivity contribution in [2.75, 3.05) is 7.11 Å². The van der Waals surface area contributed by atoms with Gasteiger partial charge in [0.2, 0.25) is 0 Å². The minimum absolute atomic E-state index is 0.338. The highest BCUT2D eigenvalue weighted by molar-refractivity contribution is 7.12. The van der Waals surface area contributed by atoms with Gasteiger partial charge < -0.3 is 9.72 Å². The summed E-state index contributed by atoms with van der Waals surface area (Å²) in [7, 11) is 1.36. The SMILES string of the molecule is CCCCc1nc(C=O)c(Cc2csc(C(=O)OC)c2)[nH]1. The van der Waals surface area contributed by atoms with Crippen LogP contribution in [0.25, 0.3) is 0 Å². The molecule has 2 aromatic heterocycles. The number of hydrogen-bond donors (Lipinski definition) is 1. The highest BCUT2D eigenvalue weighted by Crippen LogP contribution is 2.19. The molecule has 0 atom stereocenters. The number of nitrogens with one attached hydrogen (secondary N) is 1. The highest BCUT2D eigenvalue weighted by atomic mass is 32.1. The summed E-state index contributed by atoms with van der Waals surface area (Å²) in [4.78, 5) is 30.6. The van der Waals surface area contributed by atoms with E-state index in [1.165, 1.54) is 18.4 Å². The van der Waals surface area contributed by atoms with E-state index in [4.69, 9.17) is 0 Å². The van der Waals surface area contributed by atoms with Crippen LogP contribution in [0.1, 0.15) is 57.0 Å². The number of H-pyrrole nitrogens is 1. The first-order chi connectivity index (χ1) is 10.2. The van der Waals surface area contributed by atoms with Crippen molar-refractivity contribution in [3.63, 3.8) is 0 Å². The molecule has 21 heavy (non-hydrogen) atoms. The zero-order chi connectivity index (χ0) is 15.2. The number of unbranched alkanes of at least 4 members (excludes halogenated alkanes) is 1. The number of ether oxygens (including phenoxy) is 1. The maximum absolute atomic E-state index is 11.4. The molecule has 0 saturated heterocycles. The quantitative estimate of drug-likeness (QED) is 0.630. The fraction of sp³-hybridized carbons (Fsp3) is 0.400. The Hall–Kier alpha value is -1.95. The lowest BCUT2D eigenvalue weighted by Crippen LogP contribution is -1.97. The van der Waals surface area contributed by atoms with E-state index < -0.39 is 0 Å². The Morgan fingerprint density at radius 3 is 3.00 bits per heavy atom. The van der Waals surface area contributed by atoms with E-state index in [1.807, 2.05) is 5.38 Å². The second-order valence-electron chi connectivity index (χ2n) is 4.76. The third-order valence-corrected chi connectivity index (χ3v) is 4.12. The number of rotatable bonds is 7. The summed E-state index contributed by atoms with van der Waals surface area (Å²) in [6.07, 6.45) is 4.29. The summed E-state index contributed by atoms with van der Waals surface area (Å²) in [5.41, 5.74) is 2.21. The molecular formula is C15H18N2O3S. The van der Waals surface area contributed by atoms with Crippen molar-refractivity contribution in [2.24, 2.45) is 0 Å². The number of aryl methyl sites for hydroxylation is 1. The van der Waals surface area contributed by atoms with E-state index in [2.05, 4.69) is 21.6 Å². The number of esters is 1. The van der Waals surface area contributed by atoms with Gasteiger partial charge in [0, 0.05) is 18.5 Å². The normalized spacial score (nSPS) is 10.6. The van der Waals surface area contributed by atoms with Crippen molar-refractivity contribution >= 4 is 23.6 Å². The molecule has 0 bridgehead atoms. The molecule has 0 aliphatic carbocycles. The van der Waals surface area contributed by atoms with E-state index in [0.717, 1.165) is 42.6 Å². The van der Waals surface area contributed by atoms with E-state index in [9.17, 15) is 9.59 Å². The van der Waals surface area contributed by atoms with Crippen LogP contribution < -0.4 is 0 Å². The minimum atomic E-state index is -0.338. The predicted molar refractivity (Wildman–Crippen MR) is 81.1 cm³/mol. The molecule has 2 rings (SSSR count). The first-order valence-corrected chi connectivity index (χ1v) is 7.74. The van der Waals surface area contributed by atoms with Crippen LogP contribution >= 0.6 is 11.3 Å². The Kier molecular flexibility index (Phi) is 5.27. The van der Waals surface area contributed by atoms with Crippen molar-refractivity contribution in [1.29, 1.82) is 0 Å². The molecule has 0 unspecified atom stereocenters. The number of hydrogen-bond acceptors (Lipinski definition) is 5. The number of imidazole rings is 1. The molecule has 0 aliphatic heterocycles. The number of nitrogens with zero attached hydrogens (tertiary/aromatic N) is 1. The van der Waals surface area contributed by atoms with Crippen LogP contribution in [0.2, 0.25) is 0 Å². The van der Waals surface area contributed by atoms with Gasteiger partial charge in [0.15, 0.2) is 6.29 Å². The summed E-state index contributed by atoms with van der Waals surface area (Å²) >= 11 is 1.34. The predicted octanol–water partition coefficient (Wildman–Crippen LogP) is 3.00. The molecule has 5 nitrogen and oxygen atoms in total. The van der Waals surface area contributed by atoms with Gasteiger partial charge in [-0.3, -0.25) is 4.79 Å². The monoisotopic (exact) mass is 306 g/mol. The molecule has 1 N–H and O–H groups in total. The van der Waals surface area contributed by atoms with E-state index in [1.54, 1.807) is 6.07 Å². The van der Waals surface area contributed by atoms with E-state index >= 15 is 0 Å². The first-order valence-electron chi connectivity index (χ1n) is 6.86. The van der Waals surface area contributed by atoms with Crippen molar-refractivity contribution < 1.29 is 14.3 Å². The molecule has 0 spiro atoms. The van der Waals surface area contributed by atoms with Gasteiger partial charge >= 0.3 is 5.97 Å². The molecule has 0 fully saturated rings. The minimum Gasteiger partial charge on any atom is -0.465 e. The van der Waals surface area contributed by atoms with E-state index in [-0.39, 0.29) is 5.97 Å². The maximum atomic E-state index is 11.4.